The Morgan fingerprint density at radius 2 is 1.74 bits per heavy atom. The van der Waals surface area contributed by atoms with Crippen molar-refractivity contribution in [1.29, 1.82) is 5.26 Å². The molecule has 2 heterocycles. The SMILES string of the molecule is C=C(c1ccc2c(c1)CCc1cc(C(=O)N(C)C)ccc1C2(C[C@H](C)NCC(=C)N1CCCC1C#N)c1nc(=O)on1C)N(C)C. The molecule has 2 aliphatic rings. The van der Waals surface area contributed by atoms with Crippen LogP contribution >= 0.6 is 0 Å². The summed E-state index contributed by atoms with van der Waals surface area (Å²) in [7, 11) is 9.17. The van der Waals surface area contributed by atoms with E-state index in [0.717, 1.165) is 65.0 Å². The number of nitrogens with zero attached hydrogens (tertiary/aromatic N) is 6. The Kier molecular flexibility index (Phi) is 9.27. The third-order valence-electron chi connectivity index (χ3n) is 9.49. The van der Waals surface area contributed by atoms with E-state index in [1.165, 1.54) is 4.74 Å². The minimum absolute atomic E-state index is 0.0697. The third kappa shape index (κ3) is 5.99. The summed E-state index contributed by atoms with van der Waals surface area (Å²) in [5, 5.41) is 13.3. The zero-order chi connectivity index (χ0) is 33.3. The molecular formula is C36H45N7O3. The van der Waals surface area contributed by atoms with Crippen molar-refractivity contribution >= 4 is 11.6 Å². The van der Waals surface area contributed by atoms with Crippen molar-refractivity contribution in [1.82, 2.24) is 29.7 Å². The monoisotopic (exact) mass is 623 g/mol. The zero-order valence-corrected chi connectivity index (χ0v) is 27.9. The van der Waals surface area contributed by atoms with Gasteiger partial charge in [0.2, 0.25) is 0 Å². The first-order valence-corrected chi connectivity index (χ1v) is 15.8. The van der Waals surface area contributed by atoms with E-state index in [2.05, 4.69) is 59.6 Å². The standard InChI is InChI=1S/C36H45N7O3/c1-23(38-22-24(2)43-17-9-10-30(43)21-37)20-36(34-39-35(45)46-42(34)8)31-15-13-26(25(3)40(4)5)18-27(31)11-12-28-19-29(14-16-32(28)36)33(44)41(6)7/h13-16,18-19,23,30,38H,2-3,9-12,17,20,22H2,1,4-8H3/t23-,30?,36?/m0/s1. The molecule has 0 saturated carbocycles. The van der Waals surface area contributed by atoms with E-state index in [9.17, 15) is 14.9 Å². The number of hydrogen-bond acceptors (Lipinski definition) is 8. The lowest BCUT2D eigenvalue weighted by Gasteiger charge is -2.38. The molecule has 1 saturated heterocycles. The normalized spacial score (nSPS) is 19.4. The zero-order valence-electron chi connectivity index (χ0n) is 27.9. The average Bonchev–Trinajstić information content (AvgIpc) is 3.62. The Labute approximate surface area is 271 Å². The van der Waals surface area contributed by atoms with Gasteiger partial charge in [-0.25, -0.2) is 4.79 Å². The summed E-state index contributed by atoms with van der Waals surface area (Å²) in [6.07, 6.45) is 3.79. The summed E-state index contributed by atoms with van der Waals surface area (Å²) in [4.78, 5) is 36.0. The number of nitrogens with one attached hydrogen (secondary N) is 1. The summed E-state index contributed by atoms with van der Waals surface area (Å²) in [5.41, 5.74) is 6.69. The summed E-state index contributed by atoms with van der Waals surface area (Å²) in [6.45, 7) is 12.1. The molecule has 1 aliphatic heterocycles. The average molecular weight is 624 g/mol. The fraction of sp³-hybridized carbons (Fsp3) is 0.444. The molecule has 1 aliphatic carbocycles. The molecule has 2 aromatic carbocycles. The van der Waals surface area contributed by atoms with Crippen molar-refractivity contribution in [3.63, 3.8) is 0 Å². The van der Waals surface area contributed by atoms with Crippen LogP contribution in [0.3, 0.4) is 0 Å². The largest absolute Gasteiger partial charge is 0.459 e. The first-order chi connectivity index (χ1) is 21.9. The van der Waals surface area contributed by atoms with Crippen LogP contribution in [0.25, 0.3) is 5.70 Å². The second-order valence-electron chi connectivity index (χ2n) is 13.0. The van der Waals surface area contributed by atoms with Crippen LogP contribution in [0.15, 0.2) is 64.6 Å². The van der Waals surface area contributed by atoms with Crippen molar-refractivity contribution in [2.45, 2.75) is 56.5 Å². The molecule has 0 spiro atoms. The Hall–Kier alpha value is -4.62. The molecule has 242 valence electrons. The number of carbonyl (C=O) groups excluding carboxylic acids is 1. The topological polar surface area (TPSA) is 111 Å². The predicted molar refractivity (Wildman–Crippen MR) is 179 cm³/mol. The maximum Gasteiger partial charge on any atom is 0.459 e. The molecule has 1 N–H and O–H groups in total. The number of aryl methyl sites for hydroxylation is 3. The van der Waals surface area contributed by atoms with Gasteiger partial charge in [0.15, 0.2) is 5.82 Å². The molecule has 0 bridgehead atoms. The van der Waals surface area contributed by atoms with Gasteiger partial charge in [0.25, 0.3) is 5.91 Å². The van der Waals surface area contributed by atoms with E-state index < -0.39 is 11.2 Å². The highest BCUT2D eigenvalue weighted by atomic mass is 16.5. The Morgan fingerprint density at radius 3 is 2.30 bits per heavy atom. The van der Waals surface area contributed by atoms with Crippen molar-refractivity contribution in [2.24, 2.45) is 7.05 Å². The van der Waals surface area contributed by atoms with Gasteiger partial charge in [-0.15, -0.1) is 0 Å². The van der Waals surface area contributed by atoms with Crippen LogP contribution in [-0.2, 0) is 25.3 Å². The lowest BCUT2D eigenvalue weighted by atomic mass is 9.67. The first kappa shape index (κ1) is 32.8. The van der Waals surface area contributed by atoms with E-state index in [4.69, 9.17) is 4.52 Å². The van der Waals surface area contributed by atoms with E-state index in [1.54, 1.807) is 26.0 Å². The molecule has 1 aromatic heterocycles. The summed E-state index contributed by atoms with van der Waals surface area (Å²) >= 11 is 0. The fourth-order valence-corrected chi connectivity index (χ4v) is 7.14. The maximum atomic E-state index is 13.1. The van der Waals surface area contributed by atoms with Crippen LogP contribution in [0.4, 0.5) is 0 Å². The Morgan fingerprint density at radius 1 is 1.11 bits per heavy atom. The molecule has 1 fully saturated rings. The van der Waals surface area contributed by atoms with Crippen molar-refractivity contribution < 1.29 is 9.32 Å². The lowest BCUT2D eigenvalue weighted by molar-refractivity contribution is 0.0827. The van der Waals surface area contributed by atoms with E-state index >= 15 is 0 Å². The van der Waals surface area contributed by atoms with Gasteiger partial charge in [0.05, 0.1) is 11.5 Å². The van der Waals surface area contributed by atoms with Crippen molar-refractivity contribution in [2.75, 3.05) is 41.3 Å². The number of carbonyl (C=O) groups is 1. The maximum absolute atomic E-state index is 13.1. The molecule has 3 atom stereocenters. The number of hydrogen-bond donors (Lipinski definition) is 1. The van der Waals surface area contributed by atoms with Crippen LogP contribution in [0.5, 0.6) is 0 Å². The highest BCUT2D eigenvalue weighted by molar-refractivity contribution is 5.94. The van der Waals surface area contributed by atoms with E-state index in [0.29, 0.717) is 30.8 Å². The van der Waals surface area contributed by atoms with E-state index in [1.807, 2.05) is 37.2 Å². The highest BCUT2D eigenvalue weighted by Crippen LogP contribution is 2.47. The second-order valence-corrected chi connectivity index (χ2v) is 13.0. The van der Waals surface area contributed by atoms with Crippen LogP contribution in [0, 0.1) is 11.3 Å². The molecule has 10 heteroatoms. The molecule has 46 heavy (non-hydrogen) atoms. The minimum Gasteiger partial charge on any atom is -0.378 e. The number of likely N-dealkylation sites (tertiary alicyclic amines) is 1. The van der Waals surface area contributed by atoms with Gasteiger partial charge in [0, 0.05) is 71.3 Å². The third-order valence-corrected chi connectivity index (χ3v) is 9.49. The number of aromatic nitrogens is 2. The van der Waals surface area contributed by atoms with Crippen molar-refractivity contribution in [3.8, 4) is 6.07 Å². The molecule has 5 rings (SSSR count). The van der Waals surface area contributed by atoms with Gasteiger partial charge in [-0.1, -0.05) is 31.4 Å². The van der Waals surface area contributed by atoms with Gasteiger partial charge < -0.3 is 24.5 Å². The van der Waals surface area contributed by atoms with Gasteiger partial charge >= 0.3 is 5.76 Å². The first-order valence-electron chi connectivity index (χ1n) is 15.8. The quantitative estimate of drug-likeness (QED) is 0.362. The molecule has 2 unspecified atom stereocenters. The molecule has 0 radical (unpaired) electrons. The van der Waals surface area contributed by atoms with Crippen LogP contribution in [0.1, 0.15) is 70.2 Å². The summed E-state index contributed by atoms with van der Waals surface area (Å²) in [5.74, 6) is -0.226. The van der Waals surface area contributed by atoms with Gasteiger partial charge in [-0.3, -0.25) is 4.79 Å². The molecule has 1 amide bonds. The Balaban J connectivity index is 1.67. The number of benzene rings is 2. The fourth-order valence-electron chi connectivity index (χ4n) is 7.14. The van der Waals surface area contributed by atoms with Crippen molar-refractivity contribution in [3.05, 3.63) is 105 Å². The summed E-state index contributed by atoms with van der Waals surface area (Å²) in [6, 6.07) is 14.5. The van der Waals surface area contributed by atoms with Gasteiger partial charge in [-0.05, 0) is 85.0 Å². The predicted octanol–water partition coefficient (Wildman–Crippen LogP) is 3.91. The minimum atomic E-state index is -0.893. The summed E-state index contributed by atoms with van der Waals surface area (Å²) < 4.78 is 7.00. The van der Waals surface area contributed by atoms with Gasteiger partial charge in [-0.2, -0.15) is 15.0 Å². The lowest BCUT2D eigenvalue weighted by Crippen LogP contribution is -2.43. The smallest absolute Gasteiger partial charge is 0.378 e. The highest BCUT2D eigenvalue weighted by Gasteiger charge is 2.46. The van der Waals surface area contributed by atoms with E-state index in [-0.39, 0.29) is 18.0 Å². The van der Waals surface area contributed by atoms with Crippen LogP contribution in [0.2, 0.25) is 0 Å². The number of fused-ring (bicyclic) bond motifs is 2. The van der Waals surface area contributed by atoms with Crippen LogP contribution in [-0.4, -0.2) is 83.7 Å². The van der Waals surface area contributed by atoms with Gasteiger partial charge in [0.1, 0.15) is 6.04 Å². The molecule has 3 aromatic rings. The molecular weight excluding hydrogens is 578 g/mol. The Bertz CT molecular complexity index is 1690. The number of nitriles is 1. The second kappa shape index (κ2) is 13.0. The van der Waals surface area contributed by atoms with Crippen LogP contribution < -0.4 is 11.1 Å². The number of rotatable bonds is 10. The molecule has 10 nitrogen and oxygen atoms in total. The number of amides is 1.